The zero-order valence-corrected chi connectivity index (χ0v) is 15.5. The molecule has 0 fully saturated rings. The maximum absolute atomic E-state index is 14.2. The fourth-order valence-electron chi connectivity index (χ4n) is 4.51. The summed E-state index contributed by atoms with van der Waals surface area (Å²) in [6.07, 6.45) is 0.891. The van der Waals surface area contributed by atoms with Crippen LogP contribution in [0.1, 0.15) is 12.6 Å². The van der Waals surface area contributed by atoms with Gasteiger partial charge in [0.2, 0.25) is 0 Å². The van der Waals surface area contributed by atoms with Gasteiger partial charge in [-0.25, -0.2) is 4.39 Å². The third-order valence-corrected chi connectivity index (χ3v) is 5.65. The second-order valence-electron chi connectivity index (χ2n) is 7.06. The molecule has 2 heteroatoms. The van der Waals surface area contributed by atoms with Crippen molar-refractivity contribution in [1.29, 1.82) is 0 Å². The average molecular weight is 353 g/mol. The van der Waals surface area contributed by atoms with Crippen molar-refractivity contribution in [3.63, 3.8) is 0 Å². The SMILES string of the molecule is CCc1c2c3cc(F)ccc3c(-c3ccccc3)c-2c2ccccc2n1C. The van der Waals surface area contributed by atoms with Crippen molar-refractivity contribution in [3.05, 3.63) is 84.3 Å². The quantitative estimate of drug-likeness (QED) is 0.329. The number of rotatable bonds is 2. The van der Waals surface area contributed by atoms with Crippen molar-refractivity contribution in [2.75, 3.05) is 0 Å². The van der Waals surface area contributed by atoms with E-state index in [1.54, 1.807) is 12.1 Å². The lowest BCUT2D eigenvalue weighted by Crippen LogP contribution is -2.05. The summed E-state index contributed by atoms with van der Waals surface area (Å²) in [5, 5.41) is 3.33. The number of hydrogen-bond acceptors (Lipinski definition) is 0. The van der Waals surface area contributed by atoms with Gasteiger partial charge in [-0.2, -0.15) is 0 Å². The van der Waals surface area contributed by atoms with E-state index in [2.05, 4.69) is 67.1 Å². The number of benzene rings is 3. The van der Waals surface area contributed by atoms with E-state index in [0.29, 0.717) is 0 Å². The Morgan fingerprint density at radius 2 is 1.48 bits per heavy atom. The van der Waals surface area contributed by atoms with Crippen LogP contribution in [0.25, 0.3) is 43.9 Å². The summed E-state index contributed by atoms with van der Waals surface area (Å²) < 4.78 is 16.5. The first-order valence-electron chi connectivity index (χ1n) is 9.37. The number of aromatic nitrogens is 1. The zero-order chi connectivity index (χ0) is 18.5. The molecule has 3 aromatic carbocycles. The summed E-state index contributed by atoms with van der Waals surface area (Å²) in [7, 11) is 2.11. The lowest BCUT2D eigenvalue weighted by Gasteiger charge is -2.19. The Morgan fingerprint density at radius 3 is 2.26 bits per heavy atom. The van der Waals surface area contributed by atoms with Gasteiger partial charge in [0.1, 0.15) is 5.82 Å². The Balaban J connectivity index is 2.11. The minimum atomic E-state index is -0.188. The normalized spacial score (nSPS) is 11.7. The summed E-state index contributed by atoms with van der Waals surface area (Å²) in [6.45, 7) is 2.17. The number of hydrogen-bond donors (Lipinski definition) is 0. The van der Waals surface area contributed by atoms with Crippen LogP contribution in [-0.2, 0) is 13.5 Å². The van der Waals surface area contributed by atoms with E-state index in [0.717, 1.165) is 17.2 Å². The van der Waals surface area contributed by atoms with Gasteiger partial charge < -0.3 is 4.57 Å². The van der Waals surface area contributed by atoms with Crippen molar-refractivity contribution in [2.45, 2.75) is 13.3 Å². The van der Waals surface area contributed by atoms with Crippen molar-refractivity contribution in [1.82, 2.24) is 4.57 Å². The van der Waals surface area contributed by atoms with Crippen LogP contribution in [0.2, 0.25) is 0 Å². The fraction of sp³-hybridized carbons (Fsp3) is 0.120. The lowest BCUT2D eigenvalue weighted by molar-refractivity contribution is 0.630. The molecule has 0 unspecified atom stereocenters. The number of para-hydroxylation sites is 1. The monoisotopic (exact) mass is 353 g/mol. The predicted molar refractivity (Wildman–Crippen MR) is 112 cm³/mol. The molecule has 27 heavy (non-hydrogen) atoms. The molecule has 0 saturated heterocycles. The summed E-state index contributed by atoms with van der Waals surface area (Å²) in [4.78, 5) is 0. The second-order valence-corrected chi connectivity index (χ2v) is 7.06. The highest BCUT2D eigenvalue weighted by Gasteiger charge is 2.25. The minimum Gasteiger partial charge on any atom is -0.347 e. The van der Waals surface area contributed by atoms with Crippen LogP contribution in [0.15, 0.2) is 72.8 Å². The molecule has 0 atom stereocenters. The van der Waals surface area contributed by atoms with Gasteiger partial charge in [0.05, 0.1) is 0 Å². The molecule has 132 valence electrons. The second kappa shape index (κ2) is 5.95. The summed E-state index contributed by atoms with van der Waals surface area (Å²) in [5.74, 6) is -0.188. The van der Waals surface area contributed by atoms with Gasteiger partial charge in [-0.3, -0.25) is 0 Å². The Hall–Kier alpha value is -3.13. The van der Waals surface area contributed by atoms with Crippen LogP contribution in [0.5, 0.6) is 0 Å². The van der Waals surface area contributed by atoms with E-state index < -0.39 is 0 Å². The van der Waals surface area contributed by atoms with Gasteiger partial charge in [-0.05, 0) is 46.5 Å². The van der Waals surface area contributed by atoms with Crippen molar-refractivity contribution in [3.8, 4) is 22.3 Å². The van der Waals surface area contributed by atoms with Crippen LogP contribution in [0.4, 0.5) is 4.39 Å². The minimum absolute atomic E-state index is 0.188. The molecule has 0 amide bonds. The van der Waals surface area contributed by atoms with Crippen LogP contribution in [0.3, 0.4) is 0 Å². The molecule has 0 N–H and O–H groups in total. The Bertz CT molecular complexity index is 1260. The van der Waals surface area contributed by atoms with Crippen LogP contribution in [0, 0.1) is 5.82 Å². The molecular formula is C25H20FN. The van der Waals surface area contributed by atoms with Crippen molar-refractivity contribution >= 4 is 21.7 Å². The van der Waals surface area contributed by atoms with Gasteiger partial charge >= 0.3 is 0 Å². The maximum Gasteiger partial charge on any atom is 0.123 e. The van der Waals surface area contributed by atoms with Crippen molar-refractivity contribution in [2.24, 2.45) is 7.05 Å². The topological polar surface area (TPSA) is 4.93 Å². The Kier molecular flexibility index (Phi) is 3.54. The third kappa shape index (κ3) is 2.23. The van der Waals surface area contributed by atoms with Gasteiger partial charge in [0.15, 0.2) is 0 Å². The van der Waals surface area contributed by atoms with Crippen LogP contribution >= 0.6 is 0 Å². The molecule has 3 aromatic rings. The fourth-order valence-corrected chi connectivity index (χ4v) is 4.51. The first kappa shape index (κ1) is 16.1. The standard InChI is InChI=1S/C25H20FN/c1-3-21-24-20-15-17(26)13-14-18(20)23(16-9-5-4-6-10-16)25(24)19-11-7-8-12-22(19)27(21)2/h4-15H,3H2,1-2H3. The van der Waals surface area contributed by atoms with Gasteiger partial charge in [-0.15, -0.1) is 0 Å². The highest BCUT2D eigenvalue weighted by molar-refractivity contribution is 6.21. The first-order chi connectivity index (χ1) is 13.2. The molecular weight excluding hydrogens is 333 g/mol. The van der Waals surface area contributed by atoms with Gasteiger partial charge in [0.25, 0.3) is 0 Å². The number of pyridine rings is 1. The van der Waals surface area contributed by atoms with E-state index >= 15 is 0 Å². The molecule has 0 radical (unpaired) electrons. The molecule has 1 aliphatic carbocycles. The zero-order valence-electron chi connectivity index (χ0n) is 15.5. The number of aryl methyl sites for hydroxylation is 1. The maximum atomic E-state index is 14.2. The van der Waals surface area contributed by atoms with E-state index in [-0.39, 0.29) is 5.82 Å². The van der Waals surface area contributed by atoms with Crippen LogP contribution in [-0.4, -0.2) is 4.57 Å². The lowest BCUT2D eigenvalue weighted by atomic mass is 9.93. The predicted octanol–water partition coefficient (Wildman–Crippen LogP) is 6.80. The van der Waals surface area contributed by atoms with E-state index in [1.165, 1.54) is 38.9 Å². The summed E-state index contributed by atoms with van der Waals surface area (Å²) in [5.41, 5.74) is 7.22. The smallest absolute Gasteiger partial charge is 0.123 e. The van der Waals surface area contributed by atoms with E-state index in [4.69, 9.17) is 0 Å². The Labute approximate surface area is 158 Å². The largest absolute Gasteiger partial charge is 0.347 e. The number of nitrogens with zero attached hydrogens (tertiary/aromatic N) is 1. The molecule has 2 aliphatic rings. The van der Waals surface area contributed by atoms with Crippen LogP contribution < -0.4 is 0 Å². The molecule has 0 saturated carbocycles. The highest BCUT2D eigenvalue weighted by Crippen LogP contribution is 2.50. The number of halogens is 1. The van der Waals surface area contributed by atoms with Gasteiger partial charge in [0, 0.05) is 34.8 Å². The third-order valence-electron chi connectivity index (χ3n) is 5.65. The molecule has 1 heterocycles. The summed E-state index contributed by atoms with van der Waals surface area (Å²) >= 11 is 0. The molecule has 1 aliphatic heterocycles. The van der Waals surface area contributed by atoms with E-state index in [9.17, 15) is 4.39 Å². The Morgan fingerprint density at radius 1 is 0.741 bits per heavy atom. The molecule has 0 spiro atoms. The van der Waals surface area contributed by atoms with Gasteiger partial charge in [-0.1, -0.05) is 61.5 Å². The molecule has 0 bridgehead atoms. The van der Waals surface area contributed by atoms with E-state index in [1.807, 2.05) is 12.1 Å². The molecule has 5 rings (SSSR count). The number of fused-ring (bicyclic) bond motifs is 5. The average Bonchev–Trinajstić information content (AvgIpc) is 3.03. The highest BCUT2D eigenvalue weighted by atomic mass is 19.1. The van der Waals surface area contributed by atoms with Crippen molar-refractivity contribution < 1.29 is 4.39 Å². The molecule has 0 aromatic heterocycles. The summed E-state index contributed by atoms with van der Waals surface area (Å²) in [6, 6.07) is 24.2. The molecule has 1 nitrogen and oxygen atoms in total. The first-order valence-corrected chi connectivity index (χ1v) is 9.37.